The normalized spacial score (nSPS) is 15.9. The summed E-state index contributed by atoms with van der Waals surface area (Å²) in [5, 5.41) is 1.70. The molecule has 0 atom stereocenters. The summed E-state index contributed by atoms with van der Waals surface area (Å²) < 4.78 is 51.3. The van der Waals surface area contributed by atoms with Gasteiger partial charge in [0, 0.05) is 5.69 Å². The molecule has 150 valence electrons. The highest BCUT2D eigenvalue weighted by Gasteiger charge is 2.36. The Labute approximate surface area is 166 Å². The van der Waals surface area contributed by atoms with Crippen molar-refractivity contribution < 1.29 is 31.9 Å². The fourth-order valence-corrected chi connectivity index (χ4v) is 3.31. The van der Waals surface area contributed by atoms with E-state index in [1.54, 1.807) is 0 Å². The second kappa shape index (κ2) is 8.08. The van der Waals surface area contributed by atoms with Crippen molar-refractivity contribution in [1.82, 2.24) is 4.90 Å². The van der Waals surface area contributed by atoms with Crippen LogP contribution in [0.5, 0.6) is 0 Å². The van der Waals surface area contributed by atoms with E-state index in [1.807, 2.05) is 0 Å². The van der Waals surface area contributed by atoms with Crippen LogP contribution in [0, 0.1) is 5.82 Å². The van der Waals surface area contributed by atoms with Gasteiger partial charge in [-0.05, 0) is 59.8 Å². The molecule has 0 unspecified atom stereocenters. The van der Waals surface area contributed by atoms with Gasteiger partial charge >= 0.3 is 6.18 Å². The molecule has 3 rings (SSSR count). The molecule has 29 heavy (non-hydrogen) atoms. The van der Waals surface area contributed by atoms with Gasteiger partial charge in [-0.25, -0.2) is 4.39 Å². The number of hydrogen-bond donors (Lipinski definition) is 1. The minimum atomic E-state index is -4.54. The Morgan fingerprint density at radius 3 is 2.45 bits per heavy atom. The molecular weight excluding hydrogens is 412 g/mol. The Bertz CT molecular complexity index is 1000. The molecule has 2 aromatic rings. The van der Waals surface area contributed by atoms with Gasteiger partial charge < -0.3 is 5.32 Å². The SMILES string of the molecule is O=C(CN1C(=O)S/C(=C/c2cccc(C(F)(F)F)c2)C1=O)Nc1ccc(F)cc1. The summed E-state index contributed by atoms with van der Waals surface area (Å²) >= 11 is 0.528. The molecular formula is C19H12F4N2O3S. The van der Waals surface area contributed by atoms with Crippen molar-refractivity contribution in [2.45, 2.75) is 6.18 Å². The molecule has 0 bridgehead atoms. The lowest BCUT2D eigenvalue weighted by atomic mass is 10.1. The summed E-state index contributed by atoms with van der Waals surface area (Å²) in [6.07, 6.45) is -3.38. The van der Waals surface area contributed by atoms with Gasteiger partial charge in [-0.2, -0.15) is 13.2 Å². The maximum Gasteiger partial charge on any atom is 0.416 e. The van der Waals surface area contributed by atoms with E-state index in [9.17, 15) is 31.9 Å². The minimum Gasteiger partial charge on any atom is -0.325 e. The zero-order valence-electron chi connectivity index (χ0n) is 14.5. The number of carbonyl (C=O) groups is 3. The van der Waals surface area contributed by atoms with E-state index in [0.29, 0.717) is 16.7 Å². The summed E-state index contributed by atoms with van der Waals surface area (Å²) in [6, 6.07) is 9.20. The maximum absolute atomic E-state index is 12.9. The molecule has 1 fully saturated rings. The third-order valence-corrected chi connectivity index (χ3v) is 4.72. The lowest BCUT2D eigenvalue weighted by molar-refractivity contribution is -0.137. The van der Waals surface area contributed by atoms with Crippen molar-refractivity contribution in [3.63, 3.8) is 0 Å². The van der Waals surface area contributed by atoms with E-state index < -0.39 is 41.2 Å². The van der Waals surface area contributed by atoms with E-state index in [0.717, 1.165) is 30.3 Å². The highest BCUT2D eigenvalue weighted by atomic mass is 32.2. The summed E-state index contributed by atoms with van der Waals surface area (Å²) in [6.45, 7) is -0.581. The second-order valence-electron chi connectivity index (χ2n) is 5.95. The van der Waals surface area contributed by atoms with Crippen molar-refractivity contribution in [3.05, 3.63) is 70.4 Å². The highest BCUT2D eigenvalue weighted by molar-refractivity contribution is 8.18. The fourth-order valence-electron chi connectivity index (χ4n) is 2.47. The number of anilines is 1. The largest absolute Gasteiger partial charge is 0.416 e. The van der Waals surface area contributed by atoms with Gasteiger partial charge in [-0.1, -0.05) is 12.1 Å². The van der Waals surface area contributed by atoms with Crippen LogP contribution >= 0.6 is 11.8 Å². The number of alkyl halides is 3. The molecule has 0 spiro atoms. The number of nitrogens with zero attached hydrogens (tertiary/aromatic N) is 1. The van der Waals surface area contributed by atoms with Gasteiger partial charge in [0.15, 0.2) is 0 Å². The van der Waals surface area contributed by atoms with Crippen molar-refractivity contribution in [1.29, 1.82) is 0 Å². The molecule has 3 amide bonds. The van der Waals surface area contributed by atoms with E-state index in [-0.39, 0.29) is 16.2 Å². The van der Waals surface area contributed by atoms with Crippen molar-refractivity contribution in [2.75, 3.05) is 11.9 Å². The Hall–Kier alpha value is -3.14. The van der Waals surface area contributed by atoms with E-state index in [2.05, 4.69) is 5.32 Å². The molecule has 0 saturated carbocycles. The van der Waals surface area contributed by atoms with Gasteiger partial charge in [0.25, 0.3) is 11.1 Å². The maximum atomic E-state index is 12.9. The molecule has 1 heterocycles. The Morgan fingerprint density at radius 1 is 1.10 bits per heavy atom. The summed E-state index contributed by atoms with van der Waals surface area (Å²) in [5.74, 6) is -1.96. The average molecular weight is 424 g/mol. The molecule has 1 N–H and O–H groups in total. The minimum absolute atomic E-state index is 0.0936. The number of hydrogen-bond acceptors (Lipinski definition) is 4. The Morgan fingerprint density at radius 2 is 1.79 bits per heavy atom. The number of halogens is 4. The average Bonchev–Trinajstić information content (AvgIpc) is 2.90. The summed E-state index contributed by atoms with van der Waals surface area (Å²) in [4.78, 5) is 37.1. The third kappa shape index (κ3) is 5.02. The van der Waals surface area contributed by atoms with E-state index in [4.69, 9.17) is 0 Å². The zero-order chi connectivity index (χ0) is 21.2. The van der Waals surface area contributed by atoms with Crippen LogP contribution in [0.4, 0.5) is 28.0 Å². The van der Waals surface area contributed by atoms with Gasteiger partial charge in [0.1, 0.15) is 12.4 Å². The highest BCUT2D eigenvalue weighted by Crippen LogP contribution is 2.34. The Balaban J connectivity index is 1.71. The lowest BCUT2D eigenvalue weighted by Gasteiger charge is -2.12. The summed E-state index contributed by atoms with van der Waals surface area (Å²) in [7, 11) is 0. The van der Waals surface area contributed by atoms with E-state index in [1.165, 1.54) is 24.3 Å². The van der Waals surface area contributed by atoms with Crippen LogP contribution in [0.15, 0.2) is 53.4 Å². The first-order valence-electron chi connectivity index (χ1n) is 8.11. The molecule has 1 saturated heterocycles. The number of nitrogens with one attached hydrogen (secondary N) is 1. The first kappa shape index (κ1) is 20.6. The number of rotatable bonds is 4. The zero-order valence-corrected chi connectivity index (χ0v) is 15.3. The van der Waals surface area contributed by atoms with Gasteiger partial charge in [-0.15, -0.1) is 0 Å². The van der Waals surface area contributed by atoms with E-state index >= 15 is 0 Å². The fraction of sp³-hybridized carbons (Fsp3) is 0.105. The standard InChI is InChI=1S/C19H12F4N2O3S/c20-13-4-6-14(7-5-13)24-16(26)10-25-17(27)15(29-18(25)28)9-11-2-1-3-12(8-11)19(21,22)23/h1-9H,10H2,(H,24,26)/b15-9+. The molecule has 5 nitrogen and oxygen atoms in total. The van der Waals surface area contributed by atoms with Crippen molar-refractivity contribution >= 4 is 40.6 Å². The number of thioether (sulfide) groups is 1. The number of benzene rings is 2. The summed E-state index contributed by atoms with van der Waals surface area (Å²) in [5.41, 5.74) is -0.506. The molecule has 0 aliphatic carbocycles. The van der Waals surface area contributed by atoms with Gasteiger partial charge in [-0.3, -0.25) is 19.3 Å². The monoisotopic (exact) mass is 424 g/mol. The van der Waals surface area contributed by atoms with Gasteiger partial charge in [0.05, 0.1) is 10.5 Å². The number of amides is 3. The quantitative estimate of drug-likeness (QED) is 0.579. The number of imide groups is 1. The molecule has 0 radical (unpaired) electrons. The number of carbonyl (C=O) groups excluding carboxylic acids is 3. The lowest BCUT2D eigenvalue weighted by Crippen LogP contribution is -2.36. The third-order valence-electron chi connectivity index (χ3n) is 3.82. The van der Waals surface area contributed by atoms with Crippen LogP contribution in [0.2, 0.25) is 0 Å². The molecule has 1 aliphatic heterocycles. The van der Waals surface area contributed by atoms with Crippen molar-refractivity contribution in [3.8, 4) is 0 Å². The topological polar surface area (TPSA) is 66.5 Å². The Kier molecular flexibility index (Phi) is 5.73. The first-order valence-corrected chi connectivity index (χ1v) is 8.93. The molecule has 2 aromatic carbocycles. The second-order valence-corrected chi connectivity index (χ2v) is 6.94. The van der Waals surface area contributed by atoms with Crippen LogP contribution in [-0.4, -0.2) is 28.5 Å². The first-order chi connectivity index (χ1) is 13.6. The van der Waals surface area contributed by atoms with Crippen LogP contribution < -0.4 is 5.32 Å². The predicted molar refractivity (Wildman–Crippen MR) is 99.2 cm³/mol. The van der Waals surface area contributed by atoms with Crippen LogP contribution in [0.25, 0.3) is 6.08 Å². The van der Waals surface area contributed by atoms with Crippen LogP contribution in [0.3, 0.4) is 0 Å². The van der Waals surface area contributed by atoms with Gasteiger partial charge in [0.2, 0.25) is 5.91 Å². The molecule has 0 aromatic heterocycles. The molecule has 1 aliphatic rings. The van der Waals surface area contributed by atoms with Crippen LogP contribution in [-0.2, 0) is 15.8 Å². The predicted octanol–water partition coefficient (Wildman–Crippen LogP) is 4.52. The molecule has 10 heteroatoms. The van der Waals surface area contributed by atoms with Crippen molar-refractivity contribution in [2.24, 2.45) is 0 Å². The smallest absolute Gasteiger partial charge is 0.325 e. The van der Waals surface area contributed by atoms with Crippen LogP contribution in [0.1, 0.15) is 11.1 Å².